The molecule has 3 N–H and O–H groups in total. The van der Waals surface area contributed by atoms with Crippen LogP contribution in [0.2, 0.25) is 0 Å². The molecule has 4 nitrogen and oxygen atoms in total. The minimum Gasteiger partial charge on any atom is -0.399 e. The van der Waals surface area contributed by atoms with Gasteiger partial charge in [0, 0.05) is 5.69 Å². The average molecular weight is 172 g/mol. The Hall–Kier alpha value is -1.07. The number of rotatable bonds is 1. The van der Waals surface area contributed by atoms with Crippen LogP contribution >= 0.6 is 0 Å². The van der Waals surface area contributed by atoms with Gasteiger partial charge in [-0.15, -0.1) is 0 Å². The zero-order valence-electron chi connectivity index (χ0n) is 5.48. The molecule has 0 aliphatic carbocycles. The van der Waals surface area contributed by atoms with Gasteiger partial charge in [-0.05, 0) is 24.3 Å². The van der Waals surface area contributed by atoms with E-state index in [0.29, 0.717) is 0 Å². The standard InChI is InChI=1S/C6H6NO3S/c7-5-2-1-3-6(4-5)11(8,9)10/h2-4H,7H2,(H,8,9,10). The maximum atomic E-state index is 10.5. The number of benzene rings is 1. The van der Waals surface area contributed by atoms with Gasteiger partial charge >= 0.3 is 0 Å². The summed E-state index contributed by atoms with van der Waals surface area (Å²) in [6, 6.07) is 6.19. The van der Waals surface area contributed by atoms with E-state index >= 15 is 0 Å². The first-order valence-corrected chi connectivity index (χ1v) is 4.18. The topological polar surface area (TPSA) is 80.4 Å². The van der Waals surface area contributed by atoms with Crippen LogP contribution < -0.4 is 5.73 Å². The highest BCUT2D eigenvalue weighted by Crippen LogP contribution is 2.10. The lowest BCUT2D eigenvalue weighted by molar-refractivity contribution is 0.483. The Balaban J connectivity index is 3.28. The SMILES string of the molecule is Nc1c[c]cc(S(=O)(=O)O)c1. The maximum Gasteiger partial charge on any atom is 0.294 e. The Labute approximate surface area is 64.4 Å². The van der Waals surface area contributed by atoms with Crippen LogP contribution in [-0.2, 0) is 10.1 Å². The largest absolute Gasteiger partial charge is 0.399 e. The number of anilines is 1. The van der Waals surface area contributed by atoms with Crippen LogP contribution in [0.4, 0.5) is 5.69 Å². The third kappa shape index (κ3) is 1.92. The minimum absolute atomic E-state index is 0.238. The van der Waals surface area contributed by atoms with Crippen LogP contribution in [0.3, 0.4) is 0 Å². The molecule has 0 aliphatic rings. The van der Waals surface area contributed by atoms with Crippen molar-refractivity contribution in [2.75, 3.05) is 5.73 Å². The lowest BCUT2D eigenvalue weighted by Gasteiger charge is -1.96. The van der Waals surface area contributed by atoms with Crippen molar-refractivity contribution in [3.63, 3.8) is 0 Å². The van der Waals surface area contributed by atoms with Gasteiger partial charge in [-0.25, -0.2) is 0 Å². The quantitative estimate of drug-likeness (QED) is 0.472. The third-order valence-electron chi connectivity index (χ3n) is 1.08. The van der Waals surface area contributed by atoms with Gasteiger partial charge in [0.25, 0.3) is 10.1 Å². The first-order valence-electron chi connectivity index (χ1n) is 2.74. The van der Waals surface area contributed by atoms with Crippen molar-refractivity contribution in [2.45, 2.75) is 4.90 Å². The van der Waals surface area contributed by atoms with E-state index in [2.05, 4.69) is 6.07 Å². The highest BCUT2D eigenvalue weighted by molar-refractivity contribution is 7.85. The van der Waals surface area contributed by atoms with Crippen LogP contribution in [0.25, 0.3) is 0 Å². The van der Waals surface area contributed by atoms with E-state index in [9.17, 15) is 8.42 Å². The van der Waals surface area contributed by atoms with E-state index in [0.717, 1.165) is 12.1 Å². The van der Waals surface area contributed by atoms with Gasteiger partial charge in [-0.1, -0.05) is 0 Å². The van der Waals surface area contributed by atoms with Gasteiger partial charge in [0.05, 0.1) is 4.90 Å². The molecule has 1 radical (unpaired) electrons. The Bertz CT molecular complexity index is 358. The molecule has 1 aromatic rings. The van der Waals surface area contributed by atoms with Crippen molar-refractivity contribution in [2.24, 2.45) is 0 Å². The lowest BCUT2D eigenvalue weighted by atomic mass is 10.3. The number of nitrogens with two attached hydrogens (primary N) is 1. The molecule has 0 aromatic heterocycles. The summed E-state index contributed by atoms with van der Waals surface area (Å²) >= 11 is 0. The first kappa shape index (κ1) is 8.03. The molecular formula is C6H6NO3S. The predicted octanol–water partition coefficient (Wildman–Crippen LogP) is 0.316. The van der Waals surface area contributed by atoms with Crippen LogP contribution in [0.1, 0.15) is 0 Å². The summed E-state index contributed by atoms with van der Waals surface area (Å²) in [5.74, 6) is 0. The Kier molecular flexibility index (Phi) is 1.84. The fraction of sp³-hybridized carbons (Fsp3) is 0. The molecule has 5 heteroatoms. The molecule has 0 spiro atoms. The summed E-state index contributed by atoms with van der Waals surface area (Å²) in [5.41, 5.74) is 5.50. The normalized spacial score (nSPS) is 11.4. The fourth-order valence-corrected chi connectivity index (χ4v) is 1.12. The fourth-order valence-electron chi connectivity index (χ4n) is 0.617. The molecule has 0 heterocycles. The van der Waals surface area contributed by atoms with Gasteiger partial charge in [0.2, 0.25) is 0 Å². The Morgan fingerprint density at radius 2 is 2.09 bits per heavy atom. The number of hydrogen-bond acceptors (Lipinski definition) is 3. The van der Waals surface area contributed by atoms with Gasteiger partial charge in [-0.2, -0.15) is 8.42 Å². The average Bonchev–Trinajstić information content (AvgIpc) is 1.86. The summed E-state index contributed by atoms with van der Waals surface area (Å²) in [5, 5.41) is 0. The van der Waals surface area contributed by atoms with Crippen molar-refractivity contribution in [1.29, 1.82) is 0 Å². The van der Waals surface area contributed by atoms with Crippen LogP contribution in [0.15, 0.2) is 23.1 Å². The monoisotopic (exact) mass is 172 g/mol. The summed E-state index contributed by atoms with van der Waals surface area (Å²) in [6.45, 7) is 0. The molecule has 0 fully saturated rings. The molecule has 1 rings (SSSR count). The minimum atomic E-state index is -4.14. The lowest BCUT2D eigenvalue weighted by Crippen LogP contribution is -1.98. The van der Waals surface area contributed by atoms with E-state index in [1.54, 1.807) is 0 Å². The summed E-state index contributed by atoms with van der Waals surface area (Å²) in [7, 11) is -4.14. The molecule has 0 saturated carbocycles. The van der Waals surface area contributed by atoms with Crippen molar-refractivity contribution in [3.8, 4) is 0 Å². The Morgan fingerprint density at radius 1 is 1.45 bits per heavy atom. The first-order chi connectivity index (χ1) is 5.00. The Morgan fingerprint density at radius 3 is 2.45 bits per heavy atom. The van der Waals surface area contributed by atoms with Crippen LogP contribution in [-0.4, -0.2) is 13.0 Å². The zero-order chi connectivity index (χ0) is 8.48. The van der Waals surface area contributed by atoms with Crippen molar-refractivity contribution < 1.29 is 13.0 Å². The van der Waals surface area contributed by atoms with E-state index in [-0.39, 0.29) is 10.6 Å². The van der Waals surface area contributed by atoms with E-state index < -0.39 is 10.1 Å². The second-order valence-corrected chi connectivity index (χ2v) is 3.40. The molecule has 0 saturated heterocycles. The second kappa shape index (κ2) is 2.52. The molecule has 59 valence electrons. The van der Waals surface area contributed by atoms with Crippen molar-refractivity contribution in [3.05, 3.63) is 24.3 Å². The third-order valence-corrected chi connectivity index (χ3v) is 1.91. The van der Waals surface area contributed by atoms with Gasteiger partial charge in [0.1, 0.15) is 0 Å². The maximum absolute atomic E-state index is 10.5. The highest BCUT2D eigenvalue weighted by atomic mass is 32.2. The van der Waals surface area contributed by atoms with Crippen LogP contribution in [0, 0.1) is 6.07 Å². The molecule has 1 aromatic carbocycles. The number of hydrogen-bond donors (Lipinski definition) is 2. The predicted molar refractivity (Wildman–Crippen MR) is 39.5 cm³/mol. The van der Waals surface area contributed by atoms with Crippen molar-refractivity contribution in [1.82, 2.24) is 0 Å². The summed E-state index contributed by atoms with van der Waals surface area (Å²) in [6.07, 6.45) is 0. The molecule has 0 unspecified atom stereocenters. The zero-order valence-corrected chi connectivity index (χ0v) is 6.30. The smallest absolute Gasteiger partial charge is 0.294 e. The van der Waals surface area contributed by atoms with E-state index in [1.807, 2.05) is 0 Å². The van der Waals surface area contributed by atoms with E-state index in [4.69, 9.17) is 10.3 Å². The van der Waals surface area contributed by atoms with Crippen molar-refractivity contribution >= 4 is 15.8 Å². The van der Waals surface area contributed by atoms with Gasteiger partial charge in [-0.3, -0.25) is 4.55 Å². The molecular weight excluding hydrogens is 166 g/mol. The van der Waals surface area contributed by atoms with Crippen LogP contribution in [0.5, 0.6) is 0 Å². The highest BCUT2D eigenvalue weighted by Gasteiger charge is 2.07. The second-order valence-electron chi connectivity index (χ2n) is 1.98. The molecule has 0 bridgehead atoms. The van der Waals surface area contributed by atoms with Gasteiger partial charge < -0.3 is 5.73 Å². The summed E-state index contributed by atoms with van der Waals surface area (Å²) in [4.78, 5) is -0.238. The summed E-state index contributed by atoms with van der Waals surface area (Å²) < 4.78 is 29.4. The molecule has 11 heavy (non-hydrogen) atoms. The van der Waals surface area contributed by atoms with E-state index in [1.165, 1.54) is 6.07 Å². The molecule has 0 aliphatic heterocycles. The molecule has 0 atom stereocenters. The number of nitrogen functional groups attached to an aromatic ring is 1. The molecule has 0 amide bonds. The van der Waals surface area contributed by atoms with Gasteiger partial charge in [0.15, 0.2) is 0 Å².